The van der Waals surface area contributed by atoms with Crippen LogP contribution in [0.25, 0.3) is 0 Å². The van der Waals surface area contributed by atoms with E-state index in [0.717, 1.165) is 0 Å². The van der Waals surface area contributed by atoms with E-state index in [2.05, 4.69) is 83.1 Å². The van der Waals surface area contributed by atoms with E-state index in [-0.39, 0.29) is 51.0 Å². The fourth-order valence-electron chi connectivity index (χ4n) is 0. The van der Waals surface area contributed by atoms with Crippen molar-refractivity contribution < 1.29 is 32.7 Å². The van der Waals surface area contributed by atoms with Crippen LogP contribution < -0.4 is 0 Å². The summed E-state index contributed by atoms with van der Waals surface area (Å²) in [6.07, 6.45) is 1.27. The molecule has 0 N–H and O–H groups in total. The van der Waals surface area contributed by atoms with Crippen LogP contribution in [-0.4, -0.2) is 0 Å². The molecule has 18 heavy (non-hydrogen) atoms. The Morgan fingerprint density at radius 1 is 0.667 bits per heavy atom. The van der Waals surface area contributed by atoms with Crippen molar-refractivity contribution in [3.63, 3.8) is 0 Å². The molecule has 0 aliphatic carbocycles. The molecule has 0 spiro atoms. The topological polar surface area (TPSA) is 0 Å². The summed E-state index contributed by atoms with van der Waals surface area (Å²) in [7, 11) is 0. The van der Waals surface area contributed by atoms with Crippen molar-refractivity contribution in [2.24, 2.45) is 16.2 Å². The number of rotatable bonds is 0. The fourth-order valence-corrected chi connectivity index (χ4v) is 0. The first-order chi connectivity index (χ1) is 6.56. The molecule has 0 aromatic rings. The van der Waals surface area contributed by atoms with Gasteiger partial charge in [0.15, 0.2) is 0 Å². The van der Waals surface area contributed by atoms with Gasteiger partial charge in [-0.05, 0) is 5.41 Å². The molecule has 0 bridgehead atoms. The third-order valence-corrected chi connectivity index (χ3v) is 1.06. The fraction of sp³-hybridized carbons (Fsp3) is 0.882. The van der Waals surface area contributed by atoms with E-state index in [1.54, 1.807) is 0 Å². The molecule has 0 aliphatic heterocycles. The van der Waals surface area contributed by atoms with Gasteiger partial charge in [-0.3, -0.25) is 0 Å². The van der Waals surface area contributed by atoms with Crippen LogP contribution in [0.4, 0.5) is 0 Å². The second-order valence-electron chi connectivity index (χ2n) is 8.04. The van der Waals surface area contributed by atoms with E-state index in [1.807, 2.05) is 0 Å². The van der Waals surface area contributed by atoms with Gasteiger partial charge in [-0.15, -0.1) is 0 Å². The molecule has 113 valence electrons. The van der Waals surface area contributed by atoms with Crippen LogP contribution in [0, 0.1) is 30.1 Å². The molecule has 0 unspecified atom stereocenters. The Hall–Kier alpha value is 1.10. The van der Waals surface area contributed by atoms with E-state index in [0.29, 0.717) is 5.41 Å². The molecule has 0 aromatic carbocycles. The molecule has 0 saturated heterocycles. The van der Waals surface area contributed by atoms with Gasteiger partial charge in [0.25, 0.3) is 0 Å². The van der Waals surface area contributed by atoms with Gasteiger partial charge in [0.1, 0.15) is 0 Å². The zero-order chi connectivity index (χ0) is 14.2. The van der Waals surface area contributed by atoms with Crippen LogP contribution >= 0.6 is 0 Å². The third kappa shape index (κ3) is 263. The maximum Gasteiger partial charge on any atom is 0 e. The summed E-state index contributed by atoms with van der Waals surface area (Å²) in [5.74, 6) is 0. The minimum Gasteiger partial charge on any atom is -0.338 e. The molecule has 1 heteroatoms. The monoisotopic (exact) mass is 333 g/mol. The summed E-state index contributed by atoms with van der Waals surface area (Å²) in [6, 6.07) is 0. The van der Waals surface area contributed by atoms with Crippen LogP contribution in [0.3, 0.4) is 0 Å². The van der Waals surface area contributed by atoms with Gasteiger partial charge in [-0.1, -0.05) is 83.1 Å². The van der Waals surface area contributed by atoms with Gasteiger partial charge in [0.2, 0.25) is 0 Å². The molecule has 0 saturated carbocycles. The van der Waals surface area contributed by atoms with Crippen LogP contribution in [0.1, 0.15) is 83.1 Å². The van der Waals surface area contributed by atoms with Gasteiger partial charge in [-0.2, -0.15) is 10.8 Å². The van der Waals surface area contributed by atoms with Crippen molar-refractivity contribution in [2.45, 2.75) is 83.1 Å². The summed E-state index contributed by atoms with van der Waals surface area (Å²) < 4.78 is 0. The van der Waals surface area contributed by atoms with Crippen LogP contribution in [-0.2, 0) is 32.7 Å². The van der Waals surface area contributed by atoms with Crippen molar-refractivity contribution in [3.05, 3.63) is 13.8 Å². The second-order valence-corrected chi connectivity index (χ2v) is 8.04. The molecular weight excluding hydrogens is 293 g/mol. The maximum atomic E-state index is 3.77. The Morgan fingerprint density at radius 3 is 0.722 bits per heavy atom. The number of hydrogen-bond acceptors (Lipinski definition) is 0. The molecule has 0 aromatic heterocycles. The molecule has 0 nitrogen and oxygen atoms in total. The van der Waals surface area contributed by atoms with Crippen LogP contribution in [0.15, 0.2) is 0 Å². The zero-order valence-corrected chi connectivity index (χ0v) is 17.0. The molecule has 1 radical (unpaired) electrons. The number of hydrogen-bond donors (Lipinski definition) is 0. The van der Waals surface area contributed by atoms with E-state index < -0.39 is 0 Å². The molecule has 0 amide bonds. The standard InChI is InChI=1S/C6H14.2C5H11.CH4.Y/c1-5-6(2,3)4;2*1-5(2,3)4;;/h5H2,1-4H3;2*1H2,2-4H3;1H4;/q;2*-1;;. The summed E-state index contributed by atoms with van der Waals surface area (Å²) in [6.45, 7) is 28.9. The largest absolute Gasteiger partial charge is 0.338 e. The molecular formula is C17H40Y-2. The third-order valence-electron chi connectivity index (χ3n) is 1.06. The Kier molecular flexibility index (Phi) is 22.9. The van der Waals surface area contributed by atoms with Gasteiger partial charge >= 0.3 is 0 Å². The minimum absolute atomic E-state index is 0. The maximum absolute atomic E-state index is 3.77. The molecule has 0 rings (SSSR count). The molecule has 0 aliphatic rings. The summed E-state index contributed by atoms with van der Waals surface area (Å²) in [5.41, 5.74) is 1.04. The van der Waals surface area contributed by atoms with Gasteiger partial charge in [0.05, 0.1) is 0 Å². The first-order valence-corrected chi connectivity index (χ1v) is 6.27. The van der Waals surface area contributed by atoms with Crippen molar-refractivity contribution >= 4 is 0 Å². The van der Waals surface area contributed by atoms with E-state index in [4.69, 9.17) is 0 Å². The van der Waals surface area contributed by atoms with Crippen molar-refractivity contribution in [3.8, 4) is 0 Å². The second kappa shape index (κ2) is 13.1. The first-order valence-electron chi connectivity index (χ1n) is 6.27. The molecule has 0 fully saturated rings. The van der Waals surface area contributed by atoms with E-state index in [9.17, 15) is 0 Å². The van der Waals surface area contributed by atoms with Crippen molar-refractivity contribution in [1.82, 2.24) is 0 Å². The SMILES string of the molecule is C.CCC(C)(C)C.[CH2-]C(C)(C)C.[CH2-]C(C)(C)C.[Y]. The van der Waals surface area contributed by atoms with Crippen LogP contribution in [0.2, 0.25) is 0 Å². The Morgan fingerprint density at radius 2 is 0.722 bits per heavy atom. The predicted molar refractivity (Wildman–Crippen MR) is 86.1 cm³/mol. The van der Waals surface area contributed by atoms with Crippen molar-refractivity contribution in [1.29, 1.82) is 0 Å². The van der Waals surface area contributed by atoms with E-state index >= 15 is 0 Å². The predicted octanol–water partition coefficient (Wildman–Crippen LogP) is 6.81. The zero-order valence-electron chi connectivity index (χ0n) is 14.2. The molecule has 0 atom stereocenters. The summed E-state index contributed by atoms with van der Waals surface area (Å²) in [4.78, 5) is 0. The summed E-state index contributed by atoms with van der Waals surface area (Å²) in [5, 5.41) is 0. The molecule has 0 heterocycles. The van der Waals surface area contributed by atoms with Crippen molar-refractivity contribution in [2.75, 3.05) is 0 Å². The minimum atomic E-state index is 0. The Balaban J connectivity index is -0.0000000447. The van der Waals surface area contributed by atoms with Gasteiger partial charge in [0, 0.05) is 32.7 Å². The van der Waals surface area contributed by atoms with Gasteiger partial charge in [-0.25, -0.2) is 0 Å². The smallest absolute Gasteiger partial charge is 0 e. The summed E-state index contributed by atoms with van der Waals surface area (Å²) >= 11 is 0. The van der Waals surface area contributed by atoms with E-state index in [1.165, 1.54) is 6.42 Å². The average molecular weight is 333 g/mol. The first kappa shape index (κ1) is 31.5. The quantitative estimate of drug-likeness (QED) is 0.427. The normalized spacial score (nSPS) is 10.7. The Labute approximate surface area is 145 Å². The Bertz CT molecular complexity index is 114. The van der Waals surface area contributed by atoms with Gasteiger partial charge < -0.3 is 13.8 Å². The van der Waals surface area contributed by atoms with Crippen LogP contribution in [0.5, 0.6) is 0 Å². The average Bonchev–Trinajstić information content (AvgIpc) is 1.77.